The molecule has 1 aromatic heterocycles. The molecule has 1 aromatic rings. The second-order valence-corrected chi connectivity index (χ2v) is 5.47. The van der Waals surface area contributed by atoms with E-state index in [1.807, 2.05) is 12.3 Å². The third-order valence-electron chi connectivity index (χ3n) is 4.07. The Morgan fingerprint density at radius 2 is 2.24 bits per heavy atom. The molecule has 2 fully saturated rings. The van der Waals surface area contributed by atoms with Gasteiger partial charge in [-0.2, -0.15) is 0 Å². The van der Waals surface area contributed by atoms with E-state index in [-0.39, 0.29) is 0 Å². The summed E-state index contributed by atoms with van der Waals surface area (Å²) in [5.41, 5.74) is 1.21. The Balaban J connectivity index is 1.71. The fourth-order valence-electron chi connectivity index (χ4n) is 3.04. The topological polar surface area (TPSA) is 28.2 Å². The highest BCUT2D eigenvalue weighted by Gasteiger charge is 2.31. The lowest BCUT2D eigenvalue weighted by Crippen LogP contribution is -2.48. The lowest BCUT2D eigenvalue weighted by atomic mass is 9.81. The Bertz CT molecular complexity index is 379. The Kier molecular flexibility index (Phi) is 3.21. The predicted molar refractivity (Wildman–Crippen MR) is 70.5 cm³/mol. The van der Waals surface area contributed by atoms with Crippen molar-refractivity contribution < 1.29 is 0 Å². The summed E-state index contributed by atoms with van der Waals surface area (Å²) >= 11 is 5.82. The molecule has 2 saturated heterocycles. The smallest absolute Gasteiger partial charge is 0.129 e. The van der Waals surface area contributed by atoms with Gasteiger partial charge in [-0.3, -0.25) is 0 Å². The lowest BCUT2D eigenvalue weighted by Gasteiger charge is -2.42. The van der Waals surface area contributed by atoms with Crippen molar-refractivity contribution in [2.45, 2.75) is 12.8 Å². The van der Waals surface area contributed by atoms with E-state index in [0.29, 0.717) is 5.15 Å². The molecule has 2 atom stereocenters. The van der Waals surface area contributed by atoms with Gasteiger partial charge in [0.1, 0.15) is 5.15 Å². The van der Waals surface area contributed by atoms with Gasteiger partial charge in [0.15, 0.2) is 0 Å². The number of rotatable bonds is 1. The quantitative estimate of drug-likeness (QED) is 0.776. The molecule has 1 N–H and O–H groups in total. The van der Waals surface area contributed by atoms with Crippen LogP contribution in [0.4, 0.5) is 5.69 Å². The molecule has 17 heavy (non-hydrogen) atoms. The van der Waals surface area contributed by atoms with Crippen LogP contribution in [0.1, 0.15) is 12.8 Å². The molecule has 0 spiro atoms. The van der Waals surface area contributed by atoms with Crippen molar-refractivity contribution in [1.82, 2.24) is 10.3 Å². The summed E-state index contributed by atoms with van der Waals surface area (Å²) in [7, 11) is 0. The minimum atomic E-state index is 0.575. The normalized spacial score (nSPS) is 28.9. The second-order valence-electron chi connectivity index (χ2n) is 5.09. The molecule has 3 rings (SSSR count). The third-order valence-corrected chi connectivity index (χ3v) is 4.29. The van der Waals surface area contributed by atoms with Gasteiger partial charge in [0, 0.05) is 13.1 Å². The standard InChI is InChI=1S/C13H18ClN3/c14-13-2-1-12(8-16-13)17-6-4-10-7-15-5-3-11(10)9-17/h1-2,8,10-11,15H,3-7,9H2/t10-,11-/m0/s1. The molecular weight excluding hydrogens is 234 g/mol. The van der Waals surface area contributed by atoms with Gasteiger partial charge in [0.2, 0.25) is 0 Å². The van der Waals surface area contributed by atoms with Gasteiger partial charge in [0.25, 0.3) is 0 Å². The first-order valence-corrected chi connectivity index (χ1v) is 6.78. The molecule has 4 heteroatoms. The summed E-state index contributed by atoms with van der Waals surface area (Å²) in [6, 6.07) is 3.96. The van der Waals surface area contributed by atoms with Crippen LogP contribution < -0.4 is 10.2 Å². The highest BCUT2D eigenvalue weighted by Crippen LogP contribution is 2.30. The van der Waals surface area contributed by atoms with Crippen LogP contribution >= 0.6 is 11.6 Å². The maximum absolute atomic E-state index is 5.82. The van der Waals surface area contributed by atoms with E-state index in [9.17, 15) is 0 Å². The molecule has 3 heterocycles. The molecule has 2 aliphatic heterocycles. The van der Waals surface area contributed by atoms with Crippen molar-refractivity contribution in [2.75, 3.05) is 31.1 Å². The van der Waals surface area contributed by atoms with Crippen LogP contribution in [0.15, 0.2) is 18.3 Å². The summed E-state index contributed by atoms with van der Waals surface area (Å²) in [4.78, 5) is 6.62. The SMILES string of the molecule is Clc1ccc(N2CC[C@H]3CNCC[C@H]3C2)cn1. The number of aromatic nitrogens is 1. The van der Waals surface area contributed by atoms with Crippen LogP contribution in [0.3, 0.4) is 0 Å². The van der Waals surface area contributed by atoms with Gasteiger partial charge in [-0.15, -0.1) is 0 Å². The largest absolute Gasteiger partial charge is 0.370 e. The first-order valence-electron chi connectivity index (χ1n) is 6.40. The molecular formula is C13H18ClN3. The third kappa shape index (κ3) is 2.40. The first-order chi connectivity index (χ1) is 8.33. The average Bonchev–Trinajstić information content (AvgIpc) is 2.39. The van der Waals surface area contributed by atoms with Gasteiger partial charge < -0.3 is 10.2 Å². The number of piperidine rings is 2. The van der Waals surface area contributed by atoms with Crippen molar-refractivity contribution in [2.24, 2.45) is 11.8 Å². The Labute approximate surface area is 107 Å². The fourth-order valence-corrected chi connectivity index (χ4v) is 3.15. The number of hydrogen-bond donors (Lipinski definition) is 1. The van der Waals surface area contributed by atoms with Crippen molar-refractivity contribution in [3.8, 4) is 0 Å². The number of fused-ring (bicyclic) bond motifs is 1. The van der Waals surface area contributed by atoms with E-state index >= 15 is 0 Å². The minimum absolute atomic E-state index is 0.575. The molecule has 0 bridgehead atoms. The van der Waals surface area contributed by atoms with Crippen molar-refractivity contribution in [3.05, 3.63) is 23.5 Å². The van der Waals surface area contributed by atoms with Gasteiger partial charge >= 0.3 is 0 Å². The molecule has 2 aliphatic rings. The summed E-state index contributed by atoms with van der Waals surface area (Å²) in [6.07, 6.45) is 4.49. The highest BCUT2D eigenvalue weighted by molar-refractivity contribution is 6.29. The molecule has 0 amide bonds. The van der Waals surface area contributed by atoms with Gasteiger partial charge in [-0.05, 0) is 49.9 Å². The molecule has 0 unspecified atom stereocenters. The number of anilines is 1. The second kappa shape index (κ2) is 4.83. The number of halogens is 1. The predicted octanol–water partition coefficient (Wildman–Crippen LogP) is 2.17. The maximum Gasteiger partial charge on any atom is 0.129 e. The minimum Gasteiger partial charge on any atom is -0.370 e. The van der Waals surface area contributed by atoms with Crippen LogP contribution in [-0.2, 0) is 0 Å². The van der Waals surface area contributed by atoms with Crippen LogP contribution in [0.2, 0.25) is 5.15 Å². The molecule has 0 saturated carbocycles. The summed E-state index contributed by atoms with van der Waals surface area (Å²) in [5, 5.41) is 4.07. The zero-order chi connectivity index (χ0) is 11.7. The number of nitrogens with zero attached hydrogens (tertiary/aromatic N) is 2. The Morgan fingerprint density at radius 1 is 1.29 bits per heavy atom. The number of hydrogen-bond acceptors (Lipinski definition) is 3. The van der Waals surface area contributed by atoms with Crippen molar-refractivity contribution in [1.29, 1.82) is 0 Å². The summed E-state index contributed by atoms with van der Waals surface area (Å²) < 4.78 is 0. The van der Waals surface area contributed by atoms with Crippen LogP contribution in [0, 0.1) is 11.8 Å². The summed E-state index contributed by atoms with van der Waals surface area (Å²) in [6.45, 7) is 4.70. The molecule has 3 nitrogen and oxygen atoms in total. The zero-order valence-electron chi connectivity index (χ0n) is 9.90. The van der Waals surface area contributed by atoms with Gasteiger partial charge in [-0.25, -0.2) is 4.98 Å². The first kappa shape index (κ1) is 11.3. The van der Waals surface area contributed by atoms with Crippen molar-refractivity contribution in [3.63, 3.8) is 0 Å². The van der Waals surface area contributed by atoms with Crippen LogP contribution in [0.5, 0.6) is 0 Å². The highest BCUT2D eigenvalue weighted by atomic mass is 35.5. The molecule has 0 radical (unpaired) electrons. The zero-order valence-corrected chi connectivity index (χ0v) is 10.7. The van der Waals surface area contributed by atoms with Crippen LogP contribution in [-0.4, -0.2) is 31.2 Å². The maximum atomic E-state index is 5.82. The van der Waals surface area contributed by atoms with E-state index in [4.69, 9.17) is 11.6 Å². The van der Waals surface area contributed by atoms with Crippen LogP contribution in [0.25, 0.3) is 0 Å². The fraction of sp³-hybridized carbons (Fsp3) is 0.615. The van der Waals surface area contributed by atoms with E-state index < -0.39 is 0 Å². The van der Waals surface area contributed by atoms with Gasteiger partial charge in [-0.1, -0.05) is 11.6 Å². The summed E-state index contributed by atoms with van der Waals surface area (Å²) in [5.74, 6) is 1.72. The van der Waals surface area contributed by atoms with Gasteiger partial charge in [0.05, 0.1) is 11.9 Å². The number of nitrogens with one attached hydrogen (secondary N) is 1. The Morgan fingerprint density at radius 3 is 3.06 bits per heavy atom. The molecule has 0 aliphatic carbocycles. The molecule has 92 valence electrons. The van der Waals surface area contributed by atoms with Crippen molar-refractivity contribution >= 4 is 17.3 Å². The molecule has 0 aromatic carbocycles. The average molecular weight is 252 g/mol. The van der Waals surface area contributed by atoms with E-state index in [0.717, 1.165) is 18.4 Å². The van der Waals surface area contributed by atoms with E-state index in [1.165, 1.54) is 38.2 Å². The van der Waals surface area contributed by atoms with E-state index in [2.05, 4.69) is 21.3 Å². The monoisotopic (exact) mass is 251 g/mol. The Hall–Kier alpha value is -0.800. The number of pyridine rings is 1. The lowest BCUT2D eigenvalue weighted by molar-refractivity contribution is 0.218. The van der Waals surface area contributed by atoms with E-state index in [1.54, 1.807) is 0 Å².